The maximum Gasteiger partial charge on any atom is 0.115 e. The number of benzene rings is 2. The molecule has 0 unspecified atom stereocenters. The first-order valence-electron chi connectivity index (χ1n) is 6.72. The number of aromatic hydroxyl groups is 1. The number of hydrogen-bond donors (Lipinski definition) is 1. The normalized spacial score (nSPS) is 11.0. The van der Waals surface area contributed by atoms with Crippen molar-refractivity contribution in [2.75, 3.05) is 0 Å². The van der Waals surface area contributed by atoms with Gasteiger partial charge in [-0.3, -0.25) is 0 Å². The van der Waals surface area contributed by atoms with E-state index < -0.39 is 0 Å². The molecule has 0 spiro atoms. The number of para-hydroxylation sites is 1. The van der Waals surface area contributed by atoms with Crippen LogP contribution in [0.4, 0.5) is 0 Å². The molecule has 3 aromatic rings. The van der Waals surface area contributed by atoms with E-state index in [2.05, 4.69) is 6.07 Å². The molecule has 21 heavy (non-hydrogen) atoms. The topological polar surface area (TPSA) is 49.0 Å². The van der Waals surface area contributed by atoms with Gasteiger partial charge in [0.15, 0.2) is 0 Å². The maximum absolute atomic E-state index is 9.51. The molecule has 3 rings (SSSR count). The standard InChI is InChI=1S/C18H14N2O/c1-2-5-17-16(12-19)15-6-3-4-7-18(15)20(17)13-8-10-14(21)11-9-13/h2-11,21H,1H3/b5-2-. The molecule has 0 aliphatic rings. The van der Waals surface area contributed by atoms with Gasteiger partial charge in [0.05, 0.1) is 16.8 Å². The molecule has 0 aliphatic heterocycles. The van der Waals surface area contributed by atoms with Gasteiger partial charge in [-0.1, -0.05) is 24.3 Å². The number of allylic oxidation sites excluding steroid dienone is 1. The zero-order valence-electron chi connectivity index (χ0n) is 11.6. The Kier molecular flexibility index (Phi) is 3.21. The fraction of sp³-hybridized carbons (Fsp3) is 0.0556. The first-order valence-corrected chi connectivity index (χ1v) is 6.72. The average Bonchev–Trinajstić information content (AvgIpc) is 2.82. The number of nitriles is 1. The third kappa shape index (κ3) is 2.07. The predicted molar refractivity (Wildman–Crippen MR) is 84.4 cm³/mol. The third-order valence-electron chi connectivity index (χ3n) is 3.46. The van der Waals surface area contributed by atoms with Crippen molar-refractivity contribution in [3.8, 4) is 17.5 Å². The Morgan fingerprint density at radius 3 is 2.48 bits per heavy atom. The molecule has 1 heterocycles. The van der Waals surface area contributed by atoms with Crippen LogP contribution < -0.4 is 0 Å². The number of phenols is 1. The lowest BCUT2D eigenvalue weighted by Gasteiger charge is -2.08. The first kappa shape index (κ1) is 13.0. The van der Waals surface area contributed by atoms with E-state index in [4.69, 9.17) is 0 Å². The minimum atomic E-state index is 0.225. The Labute approximate surface area is 123 Å². The van der Waals surface area contributed by atoms with E-state index in [1.54, 1.807) is 12.1 Å². The van der Waals surface area contributed by atoms with E-state index >= 15 is 0 Å². The zero-order valence-corrected chi connectivity index (χ0v) is 11.6. The molecule has 0 saturated heterocycles. The van der Waals surface area contributed by atoms with Gasteiger partial charge in [-0.25, -0.2) is 0 Å². The molecule has 0 aliphatic carbocycles. The summed E-state index contributed by atoms with van der Waals surface area (Å²) in [5.41, 5.74) is 3.41. The van der Waals surface area contributed by atoms with Crippen LogP contribution in [0.3, 0.4) is 0 Å². The van der Waals surface area contributed by atoms with Crippen molar-refractivity contribution in [1.29, 1.82) is 5.26 Å². The van der Waals surface area contributed by atoms with Gasteiger partial charge in [0.25, 0.3) is 0 Å². The summed E-state index contributed by atoms with van der Waals surface area (Å²) in [6, 6.07) is 17.1. The van der Waals surface area contributed by atoms with Crippen LogP contribution in [-0.4, -0.2) is 9.67 Å². The van der Waals surface area contributed by atoms with Crippen molar-refractivity contribution in [1.82, 2.24) is 4.57 Å². The Morgan fingerprint density at radius 1 is 1.10 bits per heavy atom. The Hall–Kier alpha value is -2.99. The molecule has 0 fully saturated rings. The Morgan fingerprint density at radius 2 is 1.81 bits per heavy atom. The summed E-state index contributed by atoms with van der Waals surface area (Å²) in [6.07, 6.45) is 3.86. The van der Waals surface area contributed by atoms with Gasteiger partial charge < -0.3 is 9.67 Å². The first-order chi connectivity index (χ1) is 10.3. The molecular weight excluding hydrogens is 260 g/mol. The summed E-state index contributed by atoms with van der Waals surface area (Å²) in [6.45, 7) is 1.93. The van der Waals surface area contributed by atoms with Gasteiger partial charge in [-0.2, -0.15) is 5.26 Å². The number of fused-ring (bicyclic) bond motifs is 1. The van der Waals surface area contributed by atoms with Crippen molar-refractivity contribution in [3.63, 3.8) is 0 Å². The fourth-order valence-corrected chi connectivity index (χ4v) is 2.57. The van der Waals surface area contributed by atoms with Gasteiger partial charge in [-0.05, 0) is 43.3 Å². The van der Waals surface area contributed by atoms with E-state index in [1.807, 2.05) is 60.0 Å². The lowest BCUT2D eigenvalue weighted by molar-refractivity contribution is 0.475. The third-order valence-corrected chi connectivity index (χ3v) is 3.46. The Balaban J connectivity index is 2.42. The van der Waals surface area contributed by atoms with E-state index in [9.17, 15) is 10.4 Å². The van der Waals surface area contributed by atoms with Crippen LogP contribution in [0, 0.1) is 11.3 Å². The van der Waals surface area contributed by atoms with Crippen molar-refractivity contribution >= 4 is 17.0 Å². The molecule has 1 N–H and O–H groups in total. The SMILES string of the molecule is C/C=C\c1c(C#N)c2ccccc2n1-c1ccc(O)cc1. The number of aromatic nitrogens is 1. The summed E-state index contributed by atoms with van der Waals surface area (Å²) in [4.78, 5) is 0. The number of nitrogens with zero attached hydrogens (tertiary/aromatic N) is 2. The molecular formula is C18H14N2O. The molecule has 0 radical (unpaired) electrons. The fourth-order valence-electron chi connectivity index (χ4n) is 2.57. The van der Waals surface area contributed by atoms with Crippen molar-refractivity contribution in [2.24, 2.45) is 0 Å². The van der Waals surface area contributed by atoms with Gasteiger partial charge in [0, 0.05) is 11.1 Å². The molecule has 3 nitrogen and oxygen atoms in total. The van der Waals surface area contributed by atoms with Gasteiger partial charge in [-0.15, -0.1) is 0 Å². The van der Waals surface area contributed by atoms with Crippen LogP contribution in [0.2, 0.25) is 0 Å². The lowest BCUT2D eigenvalue weighted by atomic mass is 10.1. The molecule has 102 valence electrons. The summed E-state index contributed by atoms with van der Waals surface area (Å²) < 4.78 is 2.04. The average molecular weight is 274 g/mol. The summed E-state index contributed by atoms with van der Waals surface area (Å²) in [5, 5.41) is 19.9. The highest BCUT2D eigenvalue weighted by molar-refractivity contribution is 5.92. The molecule has 0 bridgehead atoms. The predicted octanol–water partition coefficient (Wildman–Crippen LogP) is 4.24. The van der Waals surface area contributed by atoms with Gasteiger partial charge >= 0.3 is 0 Å². The van der Waals surface area contributed by atoms with Crippen LogP contribution in [0.1, 0.15) is 18.2 Å². The molecule has 3 heteroatoms. The van der Waals surface area contributed by atoms with Crippen LogP contribution >= 0.6 is 0 Å². The largest absolute Gasteiger partial charge is 0.508 e. The molecule has 2 aromatic carbocycles. The molecule has 1 aromatic heterocycles. The minimum absolute atomic E-state index is 0.225. The van der Waals surface area contributed by atoms with Crippen LogP contribution in [-0.2, 0) is 0 Å². The summed E-state index contributed by atoms with van der Waals surface area (Å²) in [5.74, 6) is 0.225. The van der Waals surface area contributed by atoms with Crippen LogP contribution in [0.15, 0.2) is 54.6 Å². The number of phenolic OH excluding ortho intramolecular Hbond substituents is 1. The van der Waals surface area contributed by atoms with Crippen molar-refractivity contribution in [3.05, 3.63) is 65.9 Å². The Bertz CT molecular complexity index is 865. The molecule has 0 amide bonds. The highest BCUT2D eigenvalue weighted by Gasteiger charge is 2.15. The molecule has 0 atom stereocenters. The van der Waals surface area contributed by atoms with Crippen molar-refractivity contribution < 1.29 is 5.11 Å². The van der Waals surface area contributed by atoms with E-state index in [0.29, 0.717) is 5.56 Å². The molecule has 0 saturated carbocycles. The quantitative estimate of drug-likeness (QED) is 0.759. The second-order valence-corrected chi connectivity index (χ2v) is 4.74. The second kappa shape index (κ2) is 5.18. The van der Waals surface area contributed by atoms with E-state index in [-0.39, 0.29) is 5.75 Å². The van der Waals surface area contributed by atoms with Gasteiger partial charge in [0.2, 0.25) is 0 Å². The van der Waals surface area contributed by atoms with Gasteiger partial charge in [0.1, 0.15) is 11.8 Å². The second-order valence-electron chi connectivity index (χ2n) is 4.74. The van der Waals surface area contributed by atoms with Crippen LogP contribution in [0.5, 0.6) is 5.75 Å². The maximum atomic E-state index is 9.51. The highest BCUT2D eigenvalue weighted by Crippen LogP contribution is 2.30. The zero-order chi connectivity index (χ0) is 14.8. The van der Waals surface area contributed by atoms with Crippen LogP contribution in [0.25, 0.3) is 22.7 Å². The highest BCUT2D eigenvalue weighted by atomic mass is 16.3. The van der Waals surface area contributed by atoms with E-state index in [0.717, 1.165) is 22.3 Å². The minimum Gasteiger partial charge on any atom is -0.508 e. The summed E-state index contributed by atoms with van der Waals surface area (Å²) in [7, 11) is 0. The smallest absolute Gasteiger partial charge is 0.115 e. The van der Waals surface area contributed by atoms with Crippen molar-refractivity contribution in [2.45, 2.75) is 6.92 Å². The summed E-state index contributed by atoms with van der Waals surface area (Å²) >= 11 is 0. The lowest BCUT2D eigenvalue weighted by Crippen LogP contribution is -1.96. The number of rotatable bonds is 2. The monoisotopic (exact) mass is 274 g/mol. The number of hydrogen-bond acceptors (Lipinski definition) is 2. The van der Waals surface area contributed by atoms with E-state index in [1.165, 1.54) is 0 Å².